The first-order valence-corrected chi connectivity index (χ1v) is 6.35. The van der Waals surface area contributed by atoms with Crippen LogP contribution in [0.3, 0.4) is 0 Å². The maximum atomic E-state index is 12.5. The third-order valence-electron chi connectivity index (χ3n) is 3.23. The lowest BCUT2D eigenvalue weighted by Crippen LogP contribution is -2.24. The minimum atomic E-state index is -0.0948. The van der Waals surface area contributed by atoms with Gasteiger partial charge in [-0.2, -0.15) is 0 Å². The molecule has 3 heteroatoms. The number of nitrogens with zero attached hydrogens (tertiary/aromatic N) is 1. The van der Waals surface area contributed by atoms with Gasteiger partial charge in [0, 0.05) is 35.8 Å². The van der Waals surface area contributed by atoms with E-state index < -0.39 is 0 Å². The first-order chi connectivity index (χ1) is 8.77. The molecule has 0 aliphatic heterocycles. The van der Waals surface area contributed by atoms with Gasteiger partial charge in [-0.3, -0.25) is 9.78 Å². The molecule has 2 N–H and O–H groups in total. The summed E-state index contributed by atoms with van der Waals surface area (Å²) < 4.78 is 0. The molecule has 1 unspecified atom stereocenters. The number of carbonyl (C=O) groups excluding carboxylic acids is 1. The lowest BCUT2D eigenvalue weighted by molar-refractivity contribution is 0.0919. The van der Waals surface area contributed by atoms with Crippen LogP contribution in [0.4, 0.5) is 0 Å². The quantitative estimate of drug-likeness (QED) is 0.820. The van der Waals surface area contributed by atoms with Gasteiger partial charge in [0.15, 0.2) is 5.78 Å². The molecule has 94 valence electrons. The molecule has 1 aromatic carbocycles. The fourth-order valence-electron chi connectivity index (χ4n) is 2.24. The highest BCUT2D eigenvalue weighted by molar-refractivity contribution is 6.08. The van der Waals surface area contributed by atoms with E-state index >= 15 is 0 Å². The fourth-order valence-corrected chi connectivity index (χ4v) is 2.24. The fraction of sp³-hybridized carbons (Fsp3) is 0.333. The lowest BCUT2D eigenvalue weighted by atomic mass is 9.92. The first-order valence-electron chi connectivity index (χ1n) is 6.35. The Hall–Kier alpha value is -1.74. The Bertz CT molecular complexity index is 546. The van der Waals surface area contributed by atoms with Crippen molar-refractivity contribution < 1.29 is 4.79 Å². The minimum Gasteiger partial charge on any atom is -0.330 e. The van der Waals surface area contributed by atoms with Crippen LogP contribution in [0.2, 0.25) is 0 Å². The summed E-state index contributed by atoms with van der Waals surface area (Å²) >= 11 is 0. The summed E-state index contributed by atoms with van der Waals surface area (Å²) in [5.74, 6) is 0.0197. The number of carbonyl (C=O) groups is 1. The molecule has 0 saturated heterocycles. The average Bonchev–Trinajstić information content (AvgIpc) is 2.43. The molecule has 1 aromatic heterocycles. The molecular formula is C15H18N2O. The Morgan fingerprint density at radius 2 is 2.11 bits per heavy atom. The SMILES string of the molecule is CCCC(CN)C(=O)c1cncc2ccccc12. The zero-order chi connectivity index (χ0) is 13.0. The molecule has 3 nitrogen and oxygen atoms in total. The van der Waals surface area contributed by atoms with Gasteiger partial charge in [0.05, 0.1) is 0 Å². The molecule has 18 heavy (non-hydrogen) atoms. The number of aromatic nitrogens is 1. The van der Waals surface area contributed by atoms with Crippen molar-refractivity contribution in [2.45, 2.75) is 19.8 Å². The van der Waals surface area contributed by atoms with Crippen LogP contribution in [0.25, 0.3) is 10.8 Å². The normalized spacial score (nSPS) is 12.6. The smallest absolute Gasteiger partial charge is 0.169 e. The van der Waals surface area contributed by atoms with Gasteiger partial charge in [0.2, 0.25) is 0 Å². The van der Waals surface area contributed by atoms with E-state index in [1.807, 2.05) is 24.3 Å². The zero-order valence-electron chi connectivity index (χ0n) is 10.6. The van der Waals surface area contributed by atoms with Gasteiger partial charge >= 0.3 is 0 Å². The summed E-state index contributed by atoms with van der Waals surface area (Å²) in [4.78, 5) is 16.6. The van der Waals surface area contributed by atoms with E-state index in [2.05, 4.69) is 11.9 Å². The molecule has 0 fully saturated rings. The van der Waals surface area contributed by atoms with Crippen molar-refractivity contribution in [2.24, 2.45) is 11.7 Å². The van der Waals surface area contributed by atoms with Crippen molar-refractivity contribution in [3.8, 4) is 0 Å². The lowest BCUT2D eigenvalue weighted by Gasteiger charge is -2.13. The van der Waals surface area contributed by atoms with Crippen LogP contribution in [0, 0.1) is 5.92 Å². The van der Waals surface area contributed by atoms with E-state index in [-0.39, 0.29) is 11.7 Å². The van der Waals surface area contributed by atoms with Crippen molar-refractivity contribution in [3.63, 3.8) is 0 Å². The van der Waals surface area contributed by atoms with Gasteiger partial charge in [-0.25, -0.2) is 0 Å². The first kappa shape index (κ1) is 12.7. The number of pyridine rings is 1. The summed E-state index contributed by atoms with van der Waals surface area (Å²) in [6.07, 6.45) is 5.23. The van der Waals surface area contributed by atoms with E-state index in [1.54, 1.807) is 12.4 Å². The zero-order valence-corrected chi connectivity index (χ0v) is 10.6. The molecule has 2 rings (SSSR count). The number of hydrogen-bond acceptors (Lipinski definition) is 3. The van der Waals surface area contributed by atoms with Crippen molar-refractivity contribution in [3.05, 3.63) is 42.2 Å². The molecule has 2 aromatic rings. The van der Waals surface area contributed by atoms with Gasteiger partial charge in [-0.05, 0) is 11.8 Å². The van der Waals surface area contributed by atoms with Gasteiger partial charge in [-0.15, -0.1) is 0 Å². The number of Topliss-reactive ketones (excluding diaryl/α,β-unsaturated/α-hetero) is 1. The van der Waals surface area contributed by atoms with E-state index in [0.717, 1.165) is 23.6 Å². The summed E-state index contributed by atoms with van der Waals surface area (Å²) in [6.45, 7) is 2.47. The highest BCUT2D eigenvalue weighted by Crippen LogP contribution is 2.21. The van der Waals surface area contributed by atoms with Crippen LogP contribution in [0.5, 0.6) is 0 Å². The Morgan fingerprint density at radius 1 is 1.33 bits per heavy atom. The predicted octanol–water partition coefficient (Wildman–Crippen LogP) is 2.79. The van der Waals surface area contributed by atoms with E-state index in [1.165, 1.54) is 0 Å². The predicted molar refractivity (Wildman–Crippen MR) is 73.5 cm³/mol. The molecule has 0 aliphatic carbocycles. The highest BCUT2D eigenvalue weighted by Gasteiger charge is 2.19. The second kappa shape index (κ2) is 5.74. The molecule has 0 aliphatic rings. The van der Waals surface area contributed by atoms with Gasteiger partial charge < -0.3 is 5.73 Å². The molecule has 0 saturated carbocycles. The van der Waals surface area contributed by atoms with Crippen LogP contribution in [-0.2, 0) is 0 Å². The topological polar surface area (TPSA) is 56.0 Å². The van der Waals surface area contributed by atoms with E-state index in [4.69, 9.17) is 5.73 Å². The number of hydrogen-bond donors (Lipinski definition) is 1. The summed E-state index contributed by atoms with van der Waals surface area (Å²) in [5, 5.41) is 1.96. The Morgan fingerprint density at radius 3 is 2.83 bits per heavy atom. The third kappa shape index (κ3) is 2.41. The molecular weight excluding hydrogens is 224 g/mol. The van der Waals surface area contributed by atoms with Crippen LogP contribution in [-0.4, -0.2) is 17.3 Å². The molecule has 0 spiro atoms. The number of fused-ring (bicyclic) bond motifs is 1. The van der Waals surface area contributed by atoms with Crippen molar-refractivity contribution in [1.29, 1.82) is 0 Å². The van der Waals surface area contributed by atoms with Crippen molar-refractivity contribution >= 4 is 16.6 Å². The summed E-state index contributed by atoms with van der Waals surface area (Å²) in [5.41, 5.74) is 6.39. The van der Waals surface area contributed by atoms with Crippen molar-refractivity contribution in [1.82, 2.24) is 4.98 Å². The van der Waals surface area contributed by atoms with Gasteiger partial charge in [-0.1, -0.05) is 37.6 Å². The Kier molecular flexibility index (Phi) is 4.05. The number of benzene rings is 1. The molecule has 1 atom stereocenters. The standard InChI is InChI=1S/C15H18N2O/c1-2-5-11(8-16)15(18)14-10-17-9-12-6-3-4-7-13(12)14/h3-4,6-7,9-11H,2,5,8,16H2,1H3. The van der Waals surface area contributed by atoms with E-state index in [9.17, 15) is 4.79 Å². The second-order valence-corrected chi connectivity index (χ2v) is 4.49. The second-order valence-electron chi connectivity index (χ2n) is 4.49. The monoisotopic (exact) mass is 242 g/mol. The molecule has 0 bridgehead atoms. The third-order valence-corrected chi connectivity index (χ3v) is 3.23. The summed E-state index contributed by atoms with van der Waals surface area (Å²) in [7, 11) is 0. The number of ketones is 1. The maximum Gasteiger partial charge on any atom is 0.169 e. The average molecular weight is 242 g/mol. The maximum absolute atomic E-state index is 12.5. The van der Waals surface area contributed by atoms with Crippen LogP contribution < -0.4 is 5.73 Å². The minimum absolute atomic E-state index is 0.0948. The van der Waals surface area contributed by atoms with Crippen LogP contribution >= 0.6 is 0 Å². The molecule has 0 radical (unpaired) electrons. The van der Waals surface area contributed by atoms with E-state index in [0.29, 0.717) is 12.1 Å². The summed E-state index contributed by atoms with van der Waals surface area (Å²) in [6, 6.07) is 7.82. The number of nitrogens with two attached hydrogens (primary N) is 1. The van der Waals surface area contributed by atoms with Gasteiger partial charge in [0.1, 0.15) is 0 Å². The highest BCUT2D eigenvalue weighted by atomic mass is 16.1. The Labute approximate surface area is 107 Å². The largest absolute Gasteiger partial charge is 0.330 e. The number of rotatable bonds is 5. The van der Waals surface area contributed by atoms with Gasteiger partial charge in [0.25, 0.3) is 0 Å². The molecule has 0 amide bonds. The Balaban J connectivity index is 2.44. The van der Waals surface area contributed by atoms with Crippen LogP contribution in [0.1, 0.15) is 30.1 Å². The van der Waals surface area contributed by atoms with Crippen LogP contribution in [0.15, 0.2) is 36.7 Å². The molecule has 1 heterocycles. The van der Waals surface area contributed by atoms with Crippen molar-refractivity contribution in [2.75, 3.05) is 6.54 Å².